The first-order chi connectivity index (χ1) is 15.6. The van der Waals surface area contributed by atoms with Crippen molar-refractivity contribution in [3.63, 3.8) is 0 Å². The van der Waals surface area contributed by atoms with E-state index in [1.807, 2.05) is 6.92 Å². The molecular weight excluding hydrogens is 493 g/mol. The van der Waals surface area contributed by atoms with Crippen LogP contribution in [0.2, 0.25) is 77.1 Å². The smallest absolute Gasteiger partial charge is 0.321 e. The van der Waals surface area contributed by atoms with Crippen molar-refractivity contribution >= 4 is 33.3 Å². The second-order valence-electron chi connectivity index (χ2n) is 12.8. The first-order valence-corrected chi connectivity index (χ1v) is 26.6. The Kier molecular flexibility index (Phi) is 17.6. The highest BCUT2D eigenvalue weighted by atomic mass is 28.4. The maximum Gasteiger partial charge on any atom is 0.321 e. The number of rotatable bonds is 22. The average Bonchev–Trinajstić information content (AvgIpc) is 2.66. The van der Waals surface area contributed by atoms with Crippen molar-refractivity contribution in [2.75, 3.05) is 26.4 Å². The van der Waals surface area contributed by atoms with Gasteiger partial charge in [-0.05, 0) is 70.6 Å². The van der Waals surface area contributed by atoms with Gasteiger partial charge in [0.05, 0.1) is 12.7 Å². The normalized spacial score (nSPS) is 16.0. The highest BCUT2D eigenvalue weighted by Crippen LogP contribution is 2.23. The van der Waals surface area contributed by atoms with E-state index >= 15 is 0 Å². The molecule has 0 saturated heterocycles. The highest BCUT2D eigenvalue weighted by molar-refractivity contribution is 6.81. The van der Waals surface area contributed by atoms with Crippen molar-refractivity contribution in [3.8, 4) is 0 Å². The maximum absolute atomic E-state index is 9.69. The van der Waals surface area contributed by atoms with Crippen LogP contribution in [0.25, 0.3) is 0 Å². The lowest BCUT2D eigenvalue weighted by Gasteiger charge is -2.33. The molecule has 2 atom stereocenters. The van der Waals surface area contributed by atoms with Crippen LogP contribution in [0.15, 0.2) is 0 Å². The minimum Gasteiger partial charge on any atom is -0.436 e. The molecule has 0 heterocycles. The minimum atomic E-state index is -2.09. The van der Waals surface area contributed by atoms with Crippen LogP contribution in [0.3, 0.4) is 0 Å². The molecule has 34 heavy (non-hydrogen) atoms. The number of unbranched alkanes of at least 4 members (excludes halogenated alkanes) is 4. The Hall–Kier alpha value is 0.668. The van der Waals surface area contributed by atoms with E-state index in [4.69, 9.17) is 17.7 Å². The van der Waals surface area contributed by atoms with Gasteiger partial charge in [-0.15, -0.1) is 0 Å². The summed E-state index contributed by atoms with van der Waals surface area (Å²) >= 11 is 0. The Labute approximate surface area is 217 Å². The number of hydrogen-bond acceptors (Lipinski definition) is 5. The third kappa shape index (κ3) is 21.9. The lowest BCUT2D eigenvalue weighted by molar-refractivity contribution is 0.0350. The van der Waals surface area contributed by atoms with Gasteiger partial charge in [0, 0.05) is 27.9 Å². The molecule has 1 N–H and O–H groups in total. The molecule has 0 aliphatic carbocycles. The Morgan fingerprint density at radius 3 is 1.85 bits per heavy atom. The summed E-state index contributed by atoms with van der Waals surface area (Å²) < 4.78 is 24.9. The fourth-order valence-corrected chi connectivity index (χ4v) is 14.9. The zero-order valence-corrected chi connectivity index (χ0v) is 28.6. The quantitative estimate of drug-likeness (QED) is 0.111. The predicted molar refractivity (Wildman–Crippen MR) is 158 cm³/mol. The molecule has 2 unspecified atom stereocenters. The van der Waals surface area contributed by atoms with Crippen molar-refractivity contribution in [1.29, 1.82) is 0 Å². The minimum absolute atomic E-state index is 0.349. The molecule has 0 aromatic rings. The summed E-state index contributed by atoms with van der Waals surface area (Å²) in [5.41, 5.74) is 0. The van der Waals surface area contributed by atoms with Gasteiger partial charge < -0.3 is 22.8 Å². The summed E-state index contributed by atoms with van der Waals surface area (Å²) in [5.74, 6) is 0. The van der Waals surface area contributed by atoms with Gasteiger partial charge in [-0.2, -0.15) is 0 Å². The molecule has 0 aromatic heterocycles. The molecule has 0 spiro atoms. The first-order valence-electron chi connectivity index (χ1n) is 13.8. The van der Waals surface area contributed by atoms with E-state index in [1.165, 1.54) is 31.7 Å². The van der Waals surface area contributed by atoms with Crippen LogP contribution in [0.5, 0.6) is 0 Å². The molecule has 0 bridgehead atoms. The van der Waals surface area contributed by atoms with E-state index in [0.717, 1.165) is 44.6 Å². The van der Waals surface area contributed by atoms with E-state index in [2.05, 4.69) is 58.9 Å². The van der Waals surface area contributed by atoms with Crippen molar-refractivity contribution in [3.05, 3.63) is 0 Å². The highest BCUT2D eigenvalue weighted by Gasteiger charge is 2.34. The van der Waals surface area contributed by atoms with Gasteiger partial charge in [0.15, 0.2) is 16.6 Å². The van der Waals surface area contributed by atoms with E-state index in [-0.39, 0.29) is 6.10 Å². The van der Waals surface area contributed by atoms with Gasteiger partial charge in [-0.3, -0.25) is 0 Å². The summed E-state index contributed by atoms with van der Waals surface area (Å²) in [6.07, 6.45) is 7.90. The molecule has 0 aromatic carbocycles. The molecule has 0 amide bonds. The Bertz CT molecular complexity index is 509. The monoisotopic (exact) mass is 552 g/mol. The lowest BCUT2D eigenvalue weighted by Crippen LogP contribution is -2.46. The SMILES string of the molecule is CCC(O)COCCC[Si](C)(CCO[Si](C)(C)O[Si](C)(C)C)OCCCCCCC[Si](C)(C)C. The van der Waals surface area contributed by atoms with E-state index in [9.17, 15) is 5.11 Å². The molecule has 0 rings (SSSR count). The standard InChI is InChI=1S/C25H60O5Si4/c1-11-25(26)24-27-18-17-22-34(10,23-20-28-33(8,9)30-32(5,6)7)29-19-15-13-12-14-16-21-31(2,3)4/h25-26H,11-24H2,1-10H3. The molecule has 0 aliphatic rings. The van der Waals surface area contributed by atoms with Gasteiger partial charge in [-0.25, -0.2) is 0 Å². The summed E-state index contributed by atoms with van der Waals surface area (Å²) in [6.45, 7) is 25.5. The Morgan fingerprint density at radius 1 is 0.647 bits per heavy atom. The lowest BCUT2D eigenvalue weighted by atomic mass is 10.2. The van der Waals surface area contributed by atoms with E-state index < -0.39 is 33.3 Å². The largest absolute Gasteiger partial charge is 0.436 e. The summed E-state index contributed by atoms with van der Waals surface area (Å²) in [5, 5.41) is 9.69. The molecule has 0 fully saturated rings. The van der Waals surface area contributed by atoms with Gasteiger partial charge in [-0.1, -0.05) is 58.3 Å². The van der Waals surface area contributed by atoms with Crippen LogP contribution in [0, 0.1) is 0 Å². The van der Waals surface area contributed by atoms with E-state index in [1.54, 1.807) is 0 Å². The second-order valence-corrected chi connectivity index (χ2v) is 30.8. The summed E-state index contributed by atoms with van der Waals surface area (Å²) in [7, 11) is -6.45. The number of aliphatic hydroxyl groups is 1. The summed E-state index contributed by atoms with van der Waals surface area (Å²) in [4.78, 5) is 0. The number of hydrogen-bond donors (Lipinski definition) is 1. The van der Waals surface area contributed by atoms with Crippen molar-refractivity contribution in [2.24, 2.45) is 0 Å². The van der Waals surface area contributed by atoms with Crippen LogP contribution >= 0.6 is 0 Å². The Morgan fingerprint density at radius 2 is 1.26 bits per heavy atom. The Balaban J connectivity index is 4.48. The molecule has 0 aliphatic heterocycles. The average molecular weight is 553 g/mol. The maximum atomic E-state index is 9.69. The van der Waals surface area contributed by atoms with Gasteiger partial charge in [0.25, 0.3) is 0 Å². The van der Waals surface area contributed by atoms with Crippen LogP contribution < -0.4 is 0 Å². The van der Waals surface area contributed by atoms with Crippen LogP contribution in [0.1, 0.15) is 51.9 Å². The van der Waals surface area contributed by atoms with Crippen LogP contribution in [-0.4, -0.2) is 70.9 Å². The molecule has 0 radical (unpaired) electrons. The van der Waals surface area contributed by atoms with Gasteiger partial charge in [0.1, 0.15) is 0 Å². The van der Waals surface area contributed by atoms with Crippen LogP contribution in [-0.2, 0) is 17.7 Å². The first kappa shape index (κ1) is 34.7. The fraction of sp³-hybridized carbons (Fsp3) is 1.00. The van der Waals surface area contributed by atoms with Gasteiger partial charge in [0.2, 0.25) is 0 Å². The van der Waals surface area contributed by atoms with Crippen molar-refractivity contribution < 1.29 is 22.8 Å². The fourth-order valence-electron chi connectivity index (χ4n) is 4.04. The summed E-state index contributed by atoms with van der Waals surface area (Å²) in [6, 6.07) is 3.53. The zero-order valence-electron chi connectivity index (χ0n) is 24.6. The van der Waals surface area contributed by atoms with Crippen molar-refractivity contribution in [2.45, 2.75) is 135 Å². The predicted octanol–water partition coefficient (Wildman–Crippen LogP) is 7.61. The second kappa shape index (κ2) is 17.2. The van der Waals surface area contributed by atoms with Crippen molar-refractivity contribution in [1.82, 2.24) is 0 Å². The van der Waals surface area contributed by atoms with E-state index in [0.29, 0.717) is 13.2 Å². The molecule has 9 heteroatoms. The third-order valence-corrected chi connectivity index (χ3v) is 16.7. The molecule has 0 saturated carbocycles. The topological polar surface area (TPSA) is 57.2 Å². The van der Waals surface area contributed by atoms with Gasteiger partial charge >= 0.3 is 8.56 Å². The molecule has 5 nitrogen and oxygen atoms in total. The zero-order chi connectivity index (χ0) is 26.3. The third-order valence-electron chi connectivity index (χ3n) is 5.93. The number of aliphatic hydroxyl groups excluding tert-OH is 1. The molecule has 206 valence electrons. The molecular formula is C25H60O5Si4. The number of ether oxygens (including phenoxy) is 1. The van der Waals surface area contributed by atoms with Crippen LogP contribution in [0.4, 0.5) is 0 Å².